The van der Waals surface area contributed by atoms with Crippen molar-refractivity contribution in [3.8, 4) is 22.6 Å². The van der Waals surface area contributed by atoms with Crippen LogP contribution in [0.2, 0.25) is 0 Å². The van der Waals surface area contributed by atoms with Crippen LogP contribution in [0.5, 0.6) is 11.5 Å². The van der Waals surface area contributed by atoms with E-state index in [2.05, 4.69) is 0 Å². The van der Waals surface area contributed by atoms with Crippen LogP contribution in [0.25, 0.3) is 11.1 Å². The van der Waals surface area contributed by atoms with E-state index in [0.717, 1.165) is 9.80 Å². The molecule has 0 heterocycles. The van der Waals surface area contributed by atoms with E-state index in [9.17, 15) is 59.7 Å². The molecular weight excluding hydrogens is 685 g/mol. The van der Waals surface area contributed by atoms with Crippen molar-refractivity contribution in [2.45, 2.75) is 12.5 Å². The Morgan fingerprint density at radius 2 is 1.16 bits per heavy atom. The SMILES string of the molecule is O=C(O)CN(CCN(CCN(CC(=O)O)CC(=O)O)[C@@H](Cc1ccc(O)cc1-c1ccc(O)c(I)c1)C(=O)O)CC(=O)O. The topological polar surface area (TPSA) is 237 Å². The Kier molecular flexibility index (Phi) is 13.6. The van der Waals surface area contributed by atoms with Crippen LogP contribution >= 0.6 is 22.6 Å². The third-order valence-electron chi connectivity index (χ3n) is 6.33. The lowest BCUT2D eigenvalue weighted by molar-refractivity contribution is -0.146. The van der Waals surface area contributed by atoms with Gasteiger partial charge in [-0.25, -0.2) is 0 Å². The molecule has 0 bridgehead atoms. The first kappa shape index (κ1) is 35.2. The Morgan fingerprint density at radius 1 is 0.674 bits per heavy atom. The van der Waals surface area contributed by atoms with Crippen molar-refractivity contribution < 1.29 is 59.7 Å². The van der Waals surface area contributed by atoms with Gasteiger partial charge in [-0.3, -0.25) is 38.7 Å². The molecule has 0 saturated heterocycles. The van der Waals surface area contributed by atoms with Crippen LogP contribution in [-0.2, 0) is 30.4 Å². The molecule has 0 aliphatic heterocycles. The number of rotatable bonds is 19. The number of carboxylic acid groups (broad SMARTS) is 5. The van der Waals surface area contributed by atoms with Gasteiger partial charge in [-0.15, -0.1) is 0 Å². The van der Waals surface area contributed by atoms with E-state index >= 15 is 0 Å². The molecule has 0 radical (unpaired) electrons. The fourth-order valence-corrected chi connectivity index (χ4v) is 4.94. The number of aliphatic carboxylic acids is 5. The maximum atomic E-state index is 12.6. The monoisotopic (exact) mass is 717 g/mol. The molecule has 43 heavy (non-hydrogen) atoms. The maximum Gasteiger partial charge on any atom is 0.321 e. The molecule has 15 nitrogen and oxygen atoms in total. The third-order valence-corrected chi connectivity index (χ3v) is 7.20. The Labute approximate surface area is 259 Å². The Bertz CT molecular complexity index is 1270. The molecule has 0 aliphatic carbocycles. The van der Waals surface area contributed by atoms with Crippen molar-refractivity contribution >= 4 is 52.4 Å². The lowest BCUT2D eigenvalue weighted by atomic mass is 9.94. The van der Waals surface area contributed by atoms with E-state index < -0.39 is 62.1 Å². The fraction of sp³-hybridized carbons (Fsp3) is 0.370. The summed E-state index contributed by atoms with van der Waals surface area (Å²) in [5, 5.41) is 67.2. The van der Waals surface area contributed by atoms with E-state index in [0.29, 0.717) is 20.3 Å². The summed E-state index contributed by atoms with van der Waals surface area (Å²) >= 11 is 1.92. The number of nitrogens with zero attached hydrogens (tertiary/aromatic N) is 3. The molecule has 0 amide bonds. The number of hydrogen-bond donors (Lipinski definition) is 7. The summed E-state index contributed by atoms with van der Waals surface area (Å²) in [7, 11) is 0. The average Bonchev–Trinajstić information content (AvgIpc) is 2.88. The molecule has 1 atom stereocenters. The number of hydrogen-bond acceptors (Lipinski definition) is 10. The molecule has 0 spiro atoms. The summed E-state index contributed by atoms with van der Waals surface area (Å²) in [4.78, 5) is 61.4. The van der Waals surface area contributed by atoms with Gasteiger partial charge in [0.1, 0.15) is 17.5 Å². The lowest BCUT2D eigenvalue weighted by Gasteiger charge is -2.33. The third kappa shape index (κ3) is 12.0. The predicted octanol–water partition coefficient (Wildman–Crippen LogP) is 0.610. The molecule has 0 unspecified atom stereocenters. The molecule has 0 fully saturated rings. The Hall–Kier alpha value is -4.00. The van der Waals surface area contributed by atoms with Gasteiger partial charge in [0.05, 0.1) is 29.7 Å². The largest absolute Gasteiger partial charge is 0.508 e. The molecule has 16 heteroatoms. The number of phenols is 2. The summed E-state index contributed by atoms with van der Waals surface area (Å²) in [5.41, 5.74) is 1.53. The van der Waals surface area contributed by atoms with Crippen molar-refractivity contribution in [3.63, 3.8) is 0 Å². The summed E-state index contributed by atoms with van der Waals surface area (Å²) in [5.74, 6) is -6.56. The van der Waals surface area contributed by atoms with Crippen molar-refractivity contribution in [1.29, 1.82) is 0 Å². The molecule has 234 valence electrons. The molecular formula is C27H32IN3O12. The van der Waals surface area contributed by atoms with Crippen LogP contribution in [0.1, 0.15) is 5.56 Å². The van der Waals surface area contributed by atoms with Crippen molar-refractivity contribution in [2.24, 2.45) is 0 Å². The summed E-state index contributed by atoms with van der Waals surface area (Å²) < 4.78 is 0.509. The van der Waals surface area contributed by atoms with E-state index in [1.54, 1.807) is 12.1 Å². The zero-order chi connectivity index (χ0) is 32.3. The van der Waals surface area contributed by atoms with E-state index in [1.165, 1.54) is 29.2 Å². The summed E-state index contributed by atoms with van der Waals surface area (Å²) in [6.45, 7) is -3.22. The van der Waals surface area contributed by atoms with Gasteiger partial charge in [-0.2, -0.15) is 0 Å². The molecule has 0 aliphatic rings. The van der Waals surface area contributed by atoms with Crippen molar-refractivity contribution in [2.75, 3.05) is 52.4 Å². The highest BCUT2D eigenvalue weighted by atomic mass is 127. The van der Waals surface area contributed by atoms with Crippen LogP contribution in [0.4, 0.5) is 0 Å². The van der Waals surface area contributed by atoms with Gasteiger partial charge in [-0.1, -0.05) is 12.1 Å². The highest BCUT2D eigenvalue weighted by Gasteiger charge is 2.29. The number of phenolic OH excluding ortho intramolecular Hbond substituents is 2. The molecule has 2 aromatic rings. The highest BCUT2D eigenvalue weighted by molar-refractivity contribution is 14.1. The number of carboxylic acids is 5. The van der Waals surface area contributed by atoms with Gasteiger partial charge in [-0.05, 0) is 70.0 Å². The van der Waals surface area contributed by atoms with Gasteiger partial charge in [0, 0.05) is 26.2 Å². The standard InChI is InChI=1S/C27H32IN3O12/c28-20-9-16(2-4-22(20)33)19-11-18(32)3-1-17(19)10-21(27(42)43)31(7-5-29(12-23(34)35)13-24(36)37)8-6-30(14-25(38)39)15-26(40)41/h1-4,9,11,21,32-33H,5-8,10,12-15H2,(H,34,35)(H,36,37)(H,38,39)(H,40,41)(H,42,43)/t21-/m0/s1. The van der Waals surface area contributed by atoms with Gasteiger partial charge >= 0.3 is 29.8 Å². The maximum absolute atomic E-state index is 12.6. The van der Waals surface area contributed by atoms with Crippen LogP contribution in [-0.4, -0.2) is 139 Å². The lowest BCUT2D eigenvalue weighted by Crippen LogP contribution is -2.50. The van der Waals surface area contributed by atoms with Gasteiger partial charge in [0.2, 0.25) is 0 Å². The molecule has 0 saturated carbocycles. The minimum absolute atomic E-state index is 0.0280. The van der Waals surface area contributed by atoms with Crippen LogP contribution in [0.3, 0.4) is 0 Å². The van der Waals surface area contributed by atoms with Crippen molar-refractivity contribution in [3.05, 3.63) is 45.5 Å². The minimum Gasteiger partial charge on any atom is -0.508 e. The Morgan fingerprint density at radius 3 is 1.58 bits per heavy atom. The second-order valence-corrected chi connectivity index (χ2v) is 10.8. The smallest absolute Gasteiger partial charge is 0.321 e. The summed E-state index contributed by atoms with van der Waals surface area (Å²) in [6.07, 6.45) is -0.155. The highest BCUT2D eigenvalue weighted by Crippen LogP contribution is 2.32. The predicted molar refractivity (Wildman–Crippen MR) is 158 cm³/mol. The Balaban J connectivity index is 2.47. The van der Waals surface area contributed by atoms with Gasteiger partial charge in [0.15, 0.2) is 0 Å². The van der Waals surface area contributed by atoms with Crippen molar-refractivity contribution in [1.82, 2.24) is 14.7 Å². The van der Waals surface area contributed by atoms with Crippen LogP contribution in [0, 0.1) is 3.57 Å². The molecule has 0 aromatic heterocycles. The normalized spacial score (nSPS) is 12.0. The van der Waals surface area contributed by atoms with Crippen LogP contribution < -0.4 is 0 Å². The number of carbonyl (C=O) groups is 5. The number of aromatic hydroxyl groups is 2. The number of benzene rings is 2. The van der Waals surface area contributed by atoms with Gasteiger partial charge in [0.25, 0.3) is 0 Å². The summed E-state index contributed by atoms with van der Waals surface area (Å²) in [6, 6.07) is 7.71. The van der Waals surface area contributed by atoms with E-state index in [1.807, 2.05) is 22.6 Å². The van der Waals surface area contributed by atoms with Gasteiger partial charge < -0.3 is 35.7 Å². The first-order chi connectivity index (χ1) is 20.2. The minimum atomic E-state index is -1.31. The molecule has 7 N–H and O–H groups in total. The molecule has 2 aromatic carbocycles. The zero-order valence-corrected chi connectivity index (χ0v) is 25.0. The zero-order valence-electron chi connectivity index (χ0n) is 22.8. The quantitative estimate of drug-likeness (QED) is 0.0986. The van der Waals surface area contributed by atoms with E-state index in [4.69, 9.17) is 0 Å². The van der Waals surface area contributed by atoms with E-state index in [-0.39, 0.29) is 44.1 Å². The first-order valence-electron chi connectivity index (χ1n) is 12.8. The average molecular weight is 717 g/mol. The fourth-order valence-electron chi connectivity index (χ4n) is 4.42. The number of halogens is 1. The first-order valence-corrected chi connectivity index (χ1v) is 13.8. The molecule has 2 rings (SSSR count). The second kappa shape index (κ2) is 16.6. The second-order valence-electron chi connectivity index (χ2n) is 9.60. The van der Waals surface area contributed by atoms with Crippen LogP contribution in [0.15, 0.2) is 36.4 Å².